The predicted octanol–water partition coefficient (Wildman–Crippen LogP) is 4.23. The molecule has 8 heteroatoms. The highest BCUT2D eigenvalue weighted by Gasteiger charge is 2.31. The number of aliphatic imine (C=N–C) groups is 1. The standard InChI is InChI=1S/C24H20F2N4O2/c1-14-13-15(25)11-12-19(14)27-24(32)29-22-23(31)30(2)20-10-6-4-8-17(20)21(28-22)16-7-3-5-9-18(16)26/h3-13,22H,1-2H3,(H2,27,29,32). The van der Waals surface area contributed by atoms with Crippen molar-refractivity contribution < 1.29 is 18.4 Å². The number of halogens is 2. The molecule has 0 saturated carbocycles. The molecule has 1 heterocycles. The third-order valence-corrected chi connectivity index (χ3v) is 5.18. The quantitative estimate of drug-likeness (QED) is 0.647. The van der Waals surface area contributed by atoms with E-state index < -0.39 is 29.7 Å². The van der Waals surface area contributed by atoms with E-state index in [1.165, 1.54) is 29.2 Å². The second-order valence-corrected chi connectivity index (χ2v) is 7.33. The molecule has 3 aromatic carbocycles. The molecule has 162 valence electrons. The van der Waals surface area contributed by atoms with E-state index in [-0.39, 0.29) is 11.3 Å². The molecule has 3 amide bonds. The number of benzodiazepines with no additional fused rings is 1. The number of nitrogens with zero attached hydrogens (tertiary/aromatic N) is 2. The maximum Gasteiger partial charge on any atom is 0.321 e. The Labute approximate surface area is 183 Å². The van der Waals surface area contributed by atoms with E-state index in [0.29, 0.717) is 22.5 Å². The Balaban J connectivity index is 1.71. The highest BCUT2D eigenvalue weighted by atomic mass is 19.1. The zero-order chi connectivity index (χ0) is 22.8. The number of benzene rings is 3. The van der Waals surface area contributed by atoms with Gasteiger partial charge in [-0.3, -0.25) is 4.79 Å². The van der Waals surface area contributed by atoms with Crippen LogP contribution in [0.3, 0.4) is 0 Å². The zero-order valence-electron chi connectivity index (χ0n) is 17.4. The first kappa shape index (κ1) is 21.2. The molecular formula is C24H20F2N4O2. The predicted molar refractivity (Wildman–Crippen MR) is 119 cm³/mol. The van der Waals surface area contributed by atoms with E-state index in [9.17, 15) is 18.4 Å². The van der Waals surface area contributed by atoms with Gasteiger partial charge in [0.2, 0.25) is 6.17 Å². The molecule has 32 heavy (non-hydrogen) atoms. The van der Waals surface area contributed by atoms with Crippen LogP contribution in [-0.4, -0.2) is 30.9 Å². The van der Waals surface area contributed by atoms with Crippen molar-refractivity contribution in [1.82, 2.24) is 5.32 Å². The Morgan fingerprint density at radius 3 is 2.41 bits per heavy atom. The van der Waals surface area contributed by atoms with Gasteiger partial charge >= 0.3 is 6.03 Å². The lowest BCUT2D eigenvalue weighted by Gasteiger charge is -2.21. The lowest BCUT2D eigenvalue weighted by molar-refractivity contribution is -0.119. The fourth-order valence-corrected chi connectivity index (χ4v) is 3.53. The number of carbonyl (C=O) groups excluding carboxylic acids is 2. The zero-order valence-corrected chi connectivity index (χ0v) is 17.4. The third kappa shape index (κ3) is 4.07. The fourth-order valence-electron chi connectivity index (χ4n) is 3.53. The highest BCUT2D eigenvalue weighted by Crippen LogP contribution is 2.28. The Hall–Kier alpha value is -4.07. The van der Waals surface area contributed by atoms with Crippen LogP contribution in [0.25, 0.3) is 0 Å². The second-order valence-electron chi connectivity index (χ2n) is 7.33. The van der Waals surface area contributed by atoms with Gasteiger partial charge in [0.15, 0.2) is 0 Å². The average molecular weight is 434 g/mol. The summed E-state index contributed by atoms with van der Waals surface area (Å²) in [5.74, 6) is -1.41. The summed E-state index contributed by atoms with van der Waals surface area (Å²) in [7, 11) is 1.57. The van der Waals surface area contributed by atoms with Gasteiger partial charge in [0, 0.05) is 23.9 Å². The van der Waals surface area contributed by atoms with E-state index in [0.717, 1.165) is 0 Å². The van der Waals surface area contributed by atoms with E-state index >= 15 is 0 Å². The summed E-state index contributed by atoms with van der Waals surface area (Å²) in [4.78, 5) is 31.6. The van der Waals surface area contributed by atoms with E-state index in [4.69, 9.17) is 0 Å². The number of hydrogen-bond donors (Lipinski definition) is 2. The van der Waals surface area contributed by atoms with Gasteiger partial charge in [0.25, 0.3) is 5.91 Å². The van der Waals surface area contributed by atoms with Crippen LogP contribution >= 0.6 is 0 Å². The van der Waals surface area contributed by atoms with Crippen molar-refractivity contribution in [3.05, 3.63) is 95.1 Å². The van der Waals surface area contributed by atoms with Crippen molar-refractivity contribution in [2.24, 2.45) is 4.99 Å². The smallest absolute Gasteiger partial charge is 0.311 e. The highest BCUT2D eigenvalue weighted by molar-refractivity contribution is 6.20. The lowest BCUT2D eigenvalue weighted by atomic mass is 10.00. The first-order valence-electron chi connectivity index (χ1n) is 9.88. The van der Waals surface area contributed by atoms with Crippen LogP contribution in [0.1, 0.15) is 16.7 Å². The van der Waals surface area contributed by atoms with Crippen molar-refractivity contribution in [2.75, 3.05) is 17.3 Å². The third-order valence-electron chi connectivity index (χ3n) is 5.18. The van der Waals surface area contributed by atoms with Crippen molar-refractivity contribution in [3.63, 3.8) is 0 Å². The molecule has 1 aliphatic rings. The fraction of sp³-hybridized carbons (Fsp3) is 0.125. The maximum atomic E-state index is 14.6. The number of urea groups is 1. The number of amides is 3. The number of likely N-dealkylation sites (N-methyl/N-ethyl adjacent to an activating group) is 1. The molecule has 4 rings (SSSR count). The number of hydrogen-bond acceptors (Lipinski definition) is 3. The van der Waals surface area contributed by atoms with Gasteiger partial charge in [-0.25, -0.2) is 18.6 Å². The van der Waals surface area contributed by atoms with Crippen LogP contribution in [-0.2, 0) is 4.79 Å². The van der Waals surface area contributed by atoms with Crippen molar-refractivity contribution >= 4 is 29.0 Å². The first-order valence-corrected chi connectivity index (χ1v) is 9.88. The van der Waals surface area contributed by atoms with Crippen LogP contribution < -0.4 is 15.5 Å². The Morgan fingerprint density at radius 1 is 1.00 bits per heavy atom. The minimum absolute atomic E-state index is 0.213. The Kier molecular flexibility index (Phi) is 5.68. The summed E-state index contributed by atoms with van der Waals surface area (Å²) < 4.78 is 28.0. The Morgan fingerprint density at radius 2 is 1.69 bits per heavy atom. The van der Waals surface area contributed by atoms with Gasteiger partial charge in [-0.15, -0.1) is 0 Å². The summed E-state index contributed by atoms with van der Waals surface area (Å²) in [6.45, 7) is 1.65. The molecule has 6 nitrogen and oxygen atoms in total. The molecule has 3 aromatic rings. The van der Waals surface area contributed by atoms with Gasteiger partial charge in [0.1, 0.15) is 11.6 Å². The molecule has 0 bridgehead atoms. The number of para-hydroxylation sites is 1. The van der Waals surface area contributed by atoms with Gasteiger partial charge in [-0.1, -0.05) is 30.3 Å². The molecule has 0 radical (unpaired) electrons. The minimum Gasteiger partial charge on any atom is -0.311 e. The van der Waals surface area contributed by atoms with Crippen molar-refractivity contribution in [2.45, 2.75) is 13.1 Å². The first-order chi connectivity index (χ1) is 15.3. The minimum atomic E-state index is -1.30. The molecule has 0 aliphatic carbocycles. The van der Waals surface area contributed by atoms with Crippen molar-refractivity contribution in [3.8, 4) is 0 Å². The monoisotopic (exact) mass is 434 g/mol. The van der Waals surface area contributed by atoms with Gasteiger partial charge in [-0.05, 0) is 48.9 Å². The molecule has 0 spiro atoms. The van der Waals surface area contributed by atoms with Gasteiger partial charge in [0.05, 0.1) is 11.4 Å². The van der Waals surface area contributed by atoms with Crippen molar-refractivity contribution in [1.29, 1.82) is 0 Å². The molecule has 1 atom stereocenters. The summed E-state index contributed by atoms with van der Waals surface area (Å²) in [5.41, 5.74) is 2.47. The number of nitrogens with one attached hydrogen (secondary N) is 2. The normalized spacial score (nSPS) is 15.5. The number of fused-ring (bicyclic) bond motifs is 1. The molecule has 1 unspecified atom stereocenters. The SMILES string of the molecule is Cc1cc(F)ccc1NC(=O)NC1N=C(c2ccccc2F)c2ccccc2N(C)C1=O. The summed E-state index contributed by atoms with van der Waals surface area (Å²) >= 11 is 0. The van der Waals surface area contributed by atoms with Gasteiger partial charge in [-0.2, -0.15) is 0 Å². The molecule has 0 aromatic heterocycles. The Bertz CT molecular complexity index is 1240. The van der Waals surface area contributed by atoms with Gasteiger partial charge < -0.3 is 15.5 Å². The number of rotatable bonds is 3. The number of anilines is 2. The molecular weight excluding hydrogens is 414 g/mol. The largest absolute Gasteiger partial charge is 0.321 e. The van der Waals surface area contributed by atoms with Crippen LogP contribution in [0.4, 0.5) is 25.0 Å². The van der Waals surface area contributed by atoms with E-state index in [1.54, 1.807) is 56.4 Å². The summed E-state index contributed by atoms with van der Waals surface area (Å²) in [6.07, 6.45) is -1.30. The number of carbonyl (C=O) groups is 2. The molecule has 2 N–H and O–H groups in total. The van der Waals surface area contributed by atoms with E-state index in [1.807, 2.05) is 0 Å². The van der Waals surface area contributed by atoms with Crippen LogP contribution in [0.15, 0.2) is 71.7 Å². The summed E-state index contributed by atoms with van der Waals surface area (Å²) in [6, 6.07) is 16.4. The molecule has 1 aliphatic heterocycles. The van der Waals surface area contributed by atoms with Crippen LogP contribution in [0, 0.1) is 18.6 Å². The lowest BCUT2D eigenvalue weighted by Crippen LogP contribution is -2.47. The average Bonchev–Trinajstić information content (AvgIpc) is 2.87. The molecule has 0 fully saturated rings. The summed E-state index contributed by atoms with van der Waals surface area (Å²) in [5, 5.41) is 5.14. The van der Waals surface area contributed by atoms with Crippen LogP contribution in [0.5, 0.6) is 0 Å². The maximum absolute atomic E-state index is 14.6. The van der Waals surface area contributed by atoms with E-state index in [2.05, 4.69) is 15.6 Å². The topological polar surface area (TPSA) is 73.8 Å². The second kappa shape index (κ2) is 8.58. The van der Waals surface area contributed by atoms with Crippen LogP contribution in [0.2, 0.25) is 0 Å². The molecule has 0 saturated heterocycles. The number of aryl methyl sites for hydroxylation is 1.